The Bertz CT molecular complexity index is 156. The first-order valence-corrected chi connectivity index (χ1v) is 6.35. The van der Waals surface area contributed by atoms with Crippen molar-refractivity contribution in [2.24, 2.45) is 0 Å². The Kier molecular flexibility index (Phi) is 6.22. The monoisotopic (exact) mass is 214 g/mol. The van der Waals surface area contributed by atoms with E-state index in [-0.39, 0.29) is 0 Å². The lowest BCUT2D eigenvalue weighted by Gasteiger charge is -2.37. The Morgan fingerprint density at radius 3 is 2.33 bits per heavy atom. The number of hydrogen-bond acceptors (Lipinski definition) is 3. The smallest absolute Gasteiger partial charge is 0.0431 e. The minimum Gasteiger partial charge on any atom is -0.396 e. The largest absolute Gasteiger partial charge is 0.396 e. The molecule has 1 heterocycles. The zero-order chi connectivity index (χ0) is 11.1. The van der Waals surface area contributed by atoms with Gasteiger partial charge in [0.1, 0.15) is 0 Å². The SMILES string of the molecule is CCC(C)N1CCN(CCCCO)CC1. The molecule has 0 spiro atoms. The summed E-state index contributed by atoms with van der Waals surface area (Å²) in [6.45, 7) is 10.9. The van der Waals surface area contributed by atoms with Crippen molar-refractivity contribution >= 4 is 0 Å². The molecule has 1 saturated heterocycles. The van der Waals surface area contributed by atoms with Crippen LogP contribution in [0.25, 0.3) is 0 Å². The molecule has 1 rings (SSSR count). The minimum absolute atomic E-state index is 0.340. The zero-order valence-electron chi connectivity index (χ0n) is 10.3. The number of piperazine rings is 1. The van der Waals surface area contributed by atoms with Crippen LogP contribution in [0, 0.1) is 0 Å². The molecule has 1 unspecified atom stereocenters. The highest BCUT2D eigenvalue weighted by molar-refractivity contribution is 4.75. The van der Waals surface area contributed by atoms with Gasteiger partial charge in [-0.05, 0) is 32.7 Å². The summed E-state index contributed by atoms with van der Waals surface area (Å²) in [5.74, 6) is 0. The van der Waals surface area contributed by atoms with Crippen LogP contribution >= 0.6 is 0 Å². The molecule has 0 aliphatic carbocycles. The number of unbranched alkanes of at least 4 members (excludes halogenated alkanes) is 1. The van der Waals surface area contributed by atoms with Crippen molar-refractivity contribution in [3.8, 4) is 0 Å². The van der Waals surface area contributed by atoms with Gasteiger partial charge in [-0.3, -0.25) is 4.90 Å². The summed E-state index contributed by atoms with van der Waals surface area (Å²) in [6.07, 6.45) is 3.34. The number of aliphatic hydroxyl groups is 1. The van der Waals surface area contributed by atoms with Crippen LogP contribution in [0.4, 0.5) is 0 Å². The van der Waals surface area contributed by atoms with E-state index >= 15 is 0 Å². The first-order valence-electron chi connectivity index (χ1n) is 6.35. The van der Waals surface area contributed by atoms with Crippen molar-refractivity contribution in [1.82, 2.24) is 9.80 Å². The molecule has 3 nitrogen and oxygen atoms in total. The van der Waals surface area contributed by atoms with E-state index in [0.717, 1.165) is 25.4 Å². The fourth-order valence-electron chi connectivity index (χ4n) is 2.13. The molecule has 0 aromatic rings. The van der Waals surface area contributed by atoms with Crippen molar-refractivity contribution in [3.05, 3.63) is 0 Å². The molecule has 3 heteroatoms. The summed E-state index contributed by atoms with van der Waals surface area (Å²) in [5.41, 5.74) is 0. The van der Waals surface area contributed by atoms with Crippen LogP contribution in [-0.4, -0.2) is 60.3 Å². The average molecular weight is 214 g/mol. The predicted octanol–water partition coefficient (Wildman–Crippen LogP) is 1.18. The van der Waals surface area contributed by atoms with Crippen molar-refractivity contribution in [3.63, 3.8) is 0 Å². The van der Waals surface area contributed by atoms with Gasteiger partial charge >= 0.3 is 0 Å². The molecule has 0 bridgehead atoms. The van der Waals surface area contributed by atoms with Gasteiger partial charge < -0.3 is 10.0 Å². The standard InChI is InChI=1S/C12H26N2O/c1-3-12(2)14-9-7-13(8-10-14)6-4-5-11-15/h12,15H,3-11H2,1-2H3. The number of hydrogen-bond donors (Lipinski definition) is 1. The molecule has 0 saturated carbocycles. The van der Waals surface area contributed by atoms with Gasteiger partial charge in [-0.15, -0.1) is 0 Å². The van der Waals surface area contributed by atoms with Gasteiger partial charge in [0.15, 0.2) is 0 Å². The summed E-state index contributed by atoms with van der Waals surface area (Å²) < 4.78 is 0. The summed E-state index contributed by atoms with van der Waals surface area (Å²) in [7, 11) is 0. The molecule has 0 aromatic carbocycles. The van der Waals surface area contributed by atoms with Crippen LogP contribution < -0.4 is 0 Å². The topological polar surface area (TPSA) is 26.7 Å². The highest BCUT2D eigenvalue weighted by atomic mass is 16.2. The van der Waals surface area contributed by atoms with Crippen LogP contribution in [0.5, 0.6) is 0 Å². The summed E-state index contributed by atoms with van der Waals surface area (Å²) in [6, 6.07) is 0.740. The van der Waals surface area contributed by atoms with Gasteiger partial charge in [0.25, 0.3) is 0 Å². The van der Waals surface area contributed by atoms with E-state index in [1.807, 2.05) is 0 Å². The Hall–Kier alpha value is -0.120. The molecular formula is C12H26N2O. The summed E-state index contributed by atoms with van der Waals surface area (Å²) >= 11 is 0. The molecule has 1 aliphatic heterocycles. The van der Waals surface area contributed by atoms with Gasteiger partial charge in [-0.25, -0.2) is 0 Å². The van der Waals surface area contributed by atoms with Crippen molar-refractivity contribution in [1.29, 1.82) is 0 Å². The van der Waals surface area contributed by atoms with E-state index in [4.69, 9.17) is 5.11 Å². The van der Waals surface area contributed by atoms with Crippen molar-refractivity contribution in [2.45, 2.75) is 39.2 Å². The Morgan fingerprint density at radius 2 is 1.80 bits per heavy atom. The van der Waals surface area contributed by atoms with E-state index in [1.165, 1.54) is 32.6 Å². The minimum atomic E-state index is 0.340. The average Bonchev–Trinajstić information content (AvgIpc) is 2.29. The number of nitrogens with zero attached hydrogens (tertiary/aromatic N) is 2. The van der Waals surface area contributed by atoms with Gasteiger partial charge in [0.05, 0.1) is 0 Å². The van der Waals surface area contributed by atoms with Crippen LogP contribution in [0.1, 0.15) is 33.1 Å². The third-order valence-corrected chi connectivity index (χ3v) is 3.50. The lowest BCUT2D eigenvalue weighted by atomic mass is 10.2. The second kappa shape index (κ2) is 7.20. The summed E-state index contributed by atoms with van der Waals surface area (Å²) in [5, 5.41) is 8.72. The van der Waals surface area contributed by atoms with Crippen LogP contribution in [0.2, 0.25) is 0 Å². The van der Waals surface area contributed by atoms with E-state index in [9.17, 15) is 0 Å². The van der Waals surface area contributed by atoms with Gasteiger partial charge in [0, 0.05) is 38.8 Å². The maximum Gasteiger partial charge on any atom is 0.0431 e. The third-order valence-electron chi connectivity index (χ3n) is 3.50. The quantitative estimate of drug-likeness (QED) is 0.673. The molecule has 0 amide bonds. The van der Waals surface area contributed by atoms with Gasteiger partial charge in [-0.1, -0.05) is 6.92 Å². The van der Waals surface area contributed by atoms with Gasteiger partial charge in [0.2, 0.25) is 0 Å². The second-order valence-corrected chi connectivity index (χ2v) is 4.57. The highest BCUT2D eigenvalue weighted by Gasteiger charge is 2.19. The lowest BCUT2D eigenvalue weighted by Crippen LogP contribution is -2.49. The van der Waals surface area contributed by atoms with Crippen LogP contribution in [0.15, 0.2) is 0 Å². The Labute approximate surface area is 94.1 Å². The molecule has 1 atom stereocenters. The third kappa shape index (κ3) is 4.49. The molecule has 15 heavy (non-hydrogen) atoms. The van der Waals surface area contributed by atoms with E-state index < -0.39 is 0 Å². The second-order valence-electron chi connectivity index (χ2n) is 4.57. The van der Waals surface area contributed by atoms with E-state index in [2.05, 4.69) is 23.6 Å². The highest BCUT2D eigenvalue weighted by Crippen LogP contribution is 2.09. The molecule has 0 aromatic heterocycles. The Morgan fingerprint density at radius 1 is 1.13 bits per heavy atom. The predicted molar refractivity (Wildman–Crippen MR) is 64.1 cm³/mol. The Balaban J connectivity index is 2.12. The van der Waals surface area contributed by atoms with E-state index in [1.54, 1.807) is 0 Å². The molecule has 0 radical (unpaired) electrons. The van der Waals surface area contributed by atoms with Crippen LogP contribution in [0.3, 0.4) is 0 Å². The summed E-state index contributed by atoms with van der Waals surface area (Å²) in [4.78, 5) is 5.11. The maximum atomic E-state index is 8.72. The van der Waals surface area contributed by atoms with Crippen molar-refractivity contribution in [2.75, 3.05) is 39.3 Å². The first-order chi connectivity index (χ1) is 7.27. The molecular weight excluding hydrogens is 188 g/mol. The fraction of sp³-hybridized carbons (Fsp3) is 1.00. The van der Waals surface area contributed by atoms with Crippen molar-refractivity contribution < 1.29 is 5.11 Å². The molecule has 1 fully saturated rings. The number of rotatable bonds is 6. The van der Waals surface area contributed by atoms with Gasteiger partial charge in [-0.2, -0.15) is 0 Å². The lowest BCUT2D eigenvalue weighted by molar-refractivity contribution is 0.0984. The fourth-order valence-corrected chi connectivity index (χ4v) is 2.13. The molecule has 90 valence electrons. The van der Waals surface area contributed by atoms with Crippen LogP contribution in [-0.2, 0) is 0 Å². The zero-order valence-corrected chi connectivity index (χ0v) is 10.3. The normalized spacial score (nSPS) is 21.8. The molecule has 1 N–H and O–H groups in total. The van der Waals surface area contributed by atoms with E-state index in [0.29, 0.717) is 6.61 Å². The first kappa shape index (κ1) is 12.9. The molecule has 1 aliphatic rings. The maximum absolute atomic E-state index is 8.72. The number of aliphatic hydroxyl groups excluding tert-OH is 1.